The average molecular weight is 292 g/mol. The second-order valence-corrected chi connectivity index (χ2v) is 6.76. The lowest BCUT2D eigenvalue weighted by Crippen LogP contribution is -2.51. The van der Waals surface area contributed by atoms with E-state index in [0.717, 1.165) is 17.8 Å². The van der Waals surface area contributed by atoms with Crippen LogP contribution in [0.3, 0.4) is 0 Å². The molecular formula is C19H20N2O. The number of anilines is 1. The third kappa shape index (κ3) is 1.82. The highest BCUT2D eigenvalue weighted by Crippen LogP contribution is 2.56. The van der Waals surface area contributed by atoms with Gasteiger partial charge in [0.05, 0.1) is 0 Å². The first-order chi connectivity index (χ1) is 10.5. The highest BCUT2D eigenvalue weighted by molar-refractivity contribution is 6.02. The number of hydrogen-bond donors (Lipinski definition) is 1. The molecule has 1 saturated carbocycles. The Morgan fingerprint density at radius 3 is 2.41 bits per heavy atom. The van der Waals surface area contributed by atoms with Gasteiger partial charge in [-0.15, -0.1) is 0 Å². The van der Waals surface area contributed by atoms with Gasteiger partial charge >= 0.3 is 0 Å². The van der Waals surface area contributed by atoms with Crippen molar-refractivity contribution in [2.75, 3.05) is 11.4 Å². The number of rotatable bonds is 2. The van der Waals surface area contributed by atoms with Crippen molar-refractivity contribution >= 4 is 11.6 Å². The first-order valence-electron chi connectivity index (χ1n) is 7.80. The minimum Gasteiger partial charge on any atom is -0.314 e. The number of para-hydroxylation sites is 1. The third-order valence-electron chi connectivity index (χ3n) is 5.14. The largest absolute Gasteiger partial charge is 0.314 e. The van der Waals surface area contributed by atoms with E-state index in [1.54, 1.807) is 0 Å². The van der Waals surface area contributed by atoms with Crippen molar-refractivity contribution < 1.29 is 4.79 Å². The molecule has 0 aromatic heterocycles. The van der Waals surface area contributed by atoms with Crippen LogP contribution in [0.4, 0.5) is 5.69 Å². The van der Waals surface area contributed by atoms with Crippen LogP contribution in [0.5, 0.6) is 0 Å². The fourth-order valence-electron chi connectivity index (χ4n) is 3.58. The van der Waals surface area contributed by atoms with Crippen molar-refractivity contribution in [1.29, 1.82) is 0 Å². The van der Waals surface area contributed by atoms with E-state index in [0.29, 0.717) is 0 Å². The van der Waals surface area contributed by atoms with Gasteiger partial charge < -0.3 is 10.6 Å². The Bertz CT molecular complexity index is 732. The summed E-state index contributed by atoms with van der Waals surface area (Å²) in [7, 11) is 0. The van der Waals surface area contributed by atoms with Crippen LogP contribution in [0.15, 0.2) is 54.6 Å². The zero-order chi connectivity index (χ0) is 15.4. The lowest BCUT2D eigenvalue weighted by atomic mass is 9.91. The molecular weight excluding hydrogens is 272 g/mol. The molecule has 0 saturated heterocycles. The summed E-state index contributed by atoms with van der Waals surface area (Å²) in [5.41, 5.74) is 8.83. The third-order valence-corrected chi connectivity index (χ3v) is 5.14. The molecule has 3 heteroatoms. The minimum atomic E-state index is -1.01. The summed E-state index contributed by atoms with van der Waals surface area (Å²) in [5.74, 6) is -0.0186. The van der Waals surface area contributed by atoms with Gasteiger partial charge in [0.25, 0.3) is 5.91 Å². The van der Waals surface area contributed by atoms with Crippen molar-refractivity contribution in [2.45, 2.75) is 30.7 Å². The fourth-order valence-corrected chi connectivity index (χ4v) is 3.58. The number of carbonyl (C=O) groups is 1. The van der Waals surface area contributed by atoms with E-state index < -0.39 is 5.54 Å². The smallest absolute Gasteiger partial charge is 0.251 e. The molecule has 1 heterocycles. The monoisotopic (exact) mass is 292 g/mol. The van der Waals surface area contributed by atoms with Gasteiger partial charge in [-0.3, -0.25) is 4.79 Å². The van der Waals surface area contributed by atoms with E-state index in [4.69, 9.17) is 5.73 Å². The number of fused-ring (bicyclic) bond motifs is 2. The van der Waals surface area contributed by atoms with Crippen LogP contribution in [0, 0.1) is 0 Å². The molecule has 0 bridgehead atoms. The van der Waals surface area contributed by atoms with E-state index in [-0.39, 0.29) is 11.3 Å². The lowest BCUT2D eigenvalue weighted by molar-refractivity contribution is -0.123. The number of nitrogens with zero attached hydrogens (tertiary/aromatic N) is 1. The Hall–Kier alpha value is -2.13. The lowest BCUT2D eigenvalue weighted by Gasteiger charge is -2.30. The van der Waals surface area contributed by atoms with Gasteiger partial charge in [-0.05, 0) is 37.0 Å². The van der Waals surface area contributed by atoms with Gasteiger partial charge in [0.1, 0.15) is 5.54 Å². The number of amides is 1. The summed E-state index contributed by atoms with van der Waals surface area (Å²) in [6.07, 6.45) is 2.33. The molecule has 2 aromatic rings. The van der Waals surface area contributed by atoms with Gasteiger partial charge in [-0.2, -0.15) is 0 Å². The maximum atomic E-state index is 13.1. The van der Waals surface area contributed by atoms with Crippen LogP contribution in [-0.4, -0.2) is 12.5 Å². The molecule has 1 aliphatic heterocycles. The molecule has 1 atom stereocenters. The Morgan fingerprint density at radius 1 is 1.09 bits per heavy atom. The van der Waals surface area contributed by atoms with Gasteiger partial charge in [-0.25, -0.2) is 0 Å². The molecule has 0 radical (unpaired) electrons. The summed E-state index contributed by atoms with van der Waals surface area (Å²) in [6, 6.07) is 17.9. The molecule has 4 rings (SSSR count). The molecule has 1 spiro atoms. The maximum Gasteiger partial charge on any atom is 0.251 e. The van der Waals surface area contributed by atoms with E-state index in [1.165, 1.54) is 18.4 Å². The average Bonchev–Trinajstić information content (AvgIpc) is 3.26. The zero-order valence-corrected chi connectivity index (χ0v) is 12.8. The first-order valence-corrected chi connectivity index (χ1v) is 7.80. The molecule has 112 valence electrons. The molecule has 22 heavy (non-hydrogen) atoms. The Kier molecular flexibility index (Phi) is 2.73. The summed E-state index contributed by atoms with van der Waals surface area (Å²) in [6.45, 7) is 2.58. The van der Waals surface area contributed by atoms with Crippen LogP contribution in [-0.2, 0) is 15.7 Å². The summed E-state index contributed by atoms with van der Waals surface area (Å²) in [4.78, 5) is 15.0. The molecule has 1 aliphatic carbocycles. The van der Waals surface area contributed by atoms with Gasteiger partial charge in [0.15, 0.2) is 0 Å². The Balaban J connectivity index is 1.73. The van der Waals surface area contributed by atoms with E-state index in [2.05, 4.69) is 12.1 Å². The van der Waals surface area contributed by atoms with E-state index >= 15 is 0 Å². The molecule has 2 aliphatic rings. The van der Waals surface area contributed by atoms with Crippen molar-refractivity contribution in [2.24, 2.45) is 5.73 Å². The second-order valence-electron chi connectivity index (χ2n) is 6.76. The molecule has 2 aromatic carbocycles. The second kappa shape index (κ2) is 4.43. The maximum absolute atomic E-state index is 13.1. The molecule has 2 N–H and O–H groups in total. The topological polar surface area (TPSA) is 46.3 Å². The highest BCUT2D eigenvalue weighted by Gasteiger charge is 2.54. The van der Waals surface area contributed by atoms with Crippen molar-refractivity contribution in [3.63, 3.8) is 0 Å². The normalized spacial score (nSPS) is 20.5. The quantitative estimate of drug-likeness (QED) is 0.925. The minimum absolute atomic E-state index is 0.0186. The van der Waals surface area contributed by atoms with Crippen molar-refractivity contribution in [3.8, 4) is 0 Å². The van der Waals surface area contributed by atoms with Crippen LogP contribution in [0.2, 0.25) is 0 Å². The standard InChI is InChI=1S/C19H20N2O/c1-18(20,14-7-3-2-4-8-14)17(22)21-13-19(11-12-19)15-9-5-6-10-16(15)21/h2-10H,11-13,20H2,1H3. The highest BCUT2D eigenvalue weighted by atomic mass is 16.2. The fraction of sp³-hybridized carbons (Fsp3) is 0.316. The van der Waals surface area contributed by atoms with Gasteiger partial charge in [-0.1, -0.05) is 48.5 Å². The van der Waals surface area contributed by atoms with E-state index in [1.807, 2.05) is 54.3 Å². The number of benzene rings is 2. The predicted molar refractivity (Wildman–Crippen MR) is 87.7 cm³/mol. The summed E-state index contributed by atoms with van der Waals surface area (Å²) >= 11 is 0. The van der Waals surface area contributed by atoms with Crippen molar-refractivity contribution in [1.82, 2.24) is 0 Å². The first kappa shape index (κ1) is 13.5. The van der Waals surface area contributed by atoms with Crippen LogP contribution < -0.4 is 10.6 Å². The van der Waals surface area contributed by atoms with Crippen LogP contribution >= 0.6 is 0 Å². The Morgan fingerprint density at radius 2 is 1.73 bits per heavy atom. The molecule has 1 unspecified atom stereocenters. The Labute approximate surface area is 130 Å². The number of hydrogen-bond acceptors (Lipinski definition) is 2. The zero-order valence-electron chi connectivity index (χ0n) is 12.8. The van der Waals surface area contributed by atoms with Crippen LogP contribution in [0.1, 0.15) is 30.9 Å². The summed E-state index contributed by atoms with van der Waals surface area (Å²) in [5, 5.41) is 0. The molecule has 1 fully saturated rings. The number of nitrogens with two attached hydrogens (primary N) is 1. The number of carbonyl (C=O) groups excluding carboxylic acids is 1. The van der Waals surface area contributed by atoms with Crippen LogP contribution in [0.25, 0.3) is 0 Å². The molecule has 1 amide bonds. The summed E-state index contributed by atoms with van der Waals surface area (Å²) < 4.78 is 0. The van der Waals surface area contributed by atoms with Gasteiger partial charge in [0, 0.05) is 17.6 Å². The van der Waals surface area contributed by atoms with Gasteiger partial charge in [0.2, 0.25) is 0 Å². The van der Waals surface area contributed by atoms with Crippen molar-refractivity contribution in [3.05, 3.63) is 65.7 Å². The van der Waals surface area contributed by atoms with E-state index in [9.17, 15) is 4.79 Å². The SMILES string of the molecule is CC(N)(C(=O)N1CC2(CC2)c2ccccc21)c1ccccc1. The predicted octanol–water partition coefficient (Wildman–Crippen LogP) is 2.94. The molecule has 3 nitrogen and oxygen atoms in total.